The Labute approximate surface area is 167 Å². The van der Waals surface area contributed by atoms with Crippen LogP contribution in [0.4, 0.5) is 0 Å². The molecule has 0 fully saturated rings. The largest absolute Gasteiger partial charge is 0.496 e. The van der Waals surface area contributed by atoms with Crippen molar-refractivity contribution in [1.29, 1.82) is 0 Å². The average Bonchev–Trinajstić information content (AvgIpc) is 3.27. The first-order valence-corrected chi connectivity index (χ1v) is 9.07. The number of aromatic nitrogens is 5. The fraction of sp³-hybridized carbons (Fsp3) is 0.190. The summed E-state index contributed by atoms with van der Waals surface area (Å²) in [4.78, 5) is 17.6. The van der Waals surface area contributed by atoms with Gasteiger partial charge in [0.25, 0.3) is 0 Å². The standard InChI is InChI=1S/C21H22N6O2/c1-6-14(10-22-2)27-20-16-7-15(13-9-24-25(3)12-13)19(29-5)8-17(16)23-11-18(20)26(4)21(27)28/h6-12,22H,1H2,2-5H3/b14-10+. The highest BCUT2D eigenvalue weighted by molar-refractivity contribution is 6.06. The summed E-state index contributed by atoms with van der Waals surface area (Å²) >= 11 is 0. The van der Waals surface area contributed by atoms with E-state index in [2.05, 4.69) is 22.0 Å². The third kappa shape index (κ3) is 2.80. The molecule has 0 saturated heterocycles. The fourth-order valence-corrected chi connectivity index (χ4v) is 3.58. The van der Waals surface area contributed by atoms with Gasteiger partial charge >= 0.3 is 5.69 Å². The van der Waals surface area contributed by atoms with E-state index in [4.69, 9.17) is 4.74 Å². The molecule has 29 heavy (non-hydrogen) atoms. The Balaban J connectivity index is 2.17. The van der Waals surface area contributed by atoms with E-state index in [-0.39, 0.29) is 5.69 Å². The maximum absolute atomic E-state index is 13.0. The molecule has 8 nitrogen and oxygen atoms in total. The molecule has 3 aromatic heterocycles. The molecule has 0 amide bonds. The van der Waals surface area contributed by atoms with Crippen molar-refractivity contribution >= 4 is 27.6 Å². The van der Waals surface area contributed by atoms with Crippen molar-refractivity contribution in [3.63, 3.8) is 0 Å². The number of imidazole rings is 1. The molecule has 1 aromatic carbocycles. The molecule has 3 heterocycles. The van der Waals surface area contributed by atoms with Crippen molar-refractivity contribution in [3.05, 3.63) is 60.1 Å². The molecule has 1 N–H and O–H groups in total. The Morgan fingerprint density at radius 3 is 2.69 bits per heavy atom. The number of hydrogen-bond acceptors (Lipinski definition) is 5. The molecule has 0 aliphatic carbocycles. The molecule has 0 bridgehead atoms. The molecule has 4 aromatic rings. The van der Waals surface area contributed by atoms with Crippen LogP contribution < -0.4 is 15.7 Å². The minimum atomic E-state index is -0.172. The van der Waals surface area contributed by atoms with Gasteiger partial charge in [-0.15, -0.1) is 0 Å². The lowest BCUT2D eigenvalue weighted by Crippen LogP contribution is -2.21. The highest BCUT2D eigenvalue weighted by Crippen LogP contribution is 2.36. The van der Waals surface area contributed by atoms with Crippen LogP contribution in [0.5, 0.6) is 5.75 Å². The predicted molar refractivity (Wildman–Crippen MR) is 115 cm³/mol. The number of hydrogen-bond donors (Lipinski definition) is 1. The monoisotopic (exact) mass is 390 g/mol. The van der Waals surface area contributed by atoms with Crippen molar-refractivity contribution in [1.82, 2.24) is 29.2 Å². The van der Waals surface area contributed by atoms with E-state index in [9.17, 15) is 4.79 Å². The van der Waals surface area contributed by atoms with Gasteiger partial charge in [-0.25, -0.2) is 4.79 Å². The highest BCUT2D eigenvalue weighted by atomic mass is 16.5. The van der Waals surface area contributed by atoms with Crippen molar-refractivity contribution in [2.24, 2.45) is 14.1 Å². The van der Waals surface area contributed by atoms with Gasteiger partial charge in [-0.1, -0.05) is 6.58 Å². The summed E-state index contributed by atoms with van der Waals surface area (Å²) < 4.78 is 10.6. The second-order valence-corrected chi connectivity index (χ2v) is 6.70. The quantitative estimate of drug-likeness (QED) is 0.530. The van der Waals surface area contributed by atoms with E-state index in [1.807, 2.05) is 25.4 Å². The lowest BCUT2D eigenvalue weighted by atomic mass is 10.0. The molecule has 0 aliphatic heterocycles. The molecule has 148 valence electrons. The normalized spacial score (nSPS) is 11.9. The zero-order valence-electron chi connectivity index (χ0n) is 16.8. The van der Waals surface area contributed by atoms with Gasteiger partial charge in [0.1, 0.15) is 5.75 Å². The van der Waals surface area contributed by atoms with Crippen molar-refractivity contribution in [2.45, 2.75) is 0 Å². The number of benzene rings is 1. The molecule has 0 unspecified atom stereocenters. The van der Waals surface area contributed by atoms with Crippen molar-refractivity contribution < 1.29 is 4.74 Å². The van der Waals surface area contributed by atoms with Crippen LogP contribution in [-0.4, -0.2) is 38.1 Å². The molecular formula is C21H22N6O2. The maximum atomic E-state index is 13.0. The first-order valence-electron chi connectivity index (χ1n) is 9.07. The van der Waals surface area contributed by atoms with E-state index in [1.54, 1.807) is 59.7 Å². The topological polar surface area (TPSA) is 78.9 Å². The number of allylic oxidation sites excluding steroid dienone is 2. The van der Waals surface area contributed by atoms with Gasteiger partial charge in [0.2, 0.25) is 0 Å². The van der Waals surface area contributed by atoms with Crippen molar-refractivity contribution in [3.8, 4) is 16.9 Å². The highest BCUT2D eigenvalue weighted by Gasteiger charge is 2.19. The first-order chi connectivity index (χ1) is 14.0. The van der Waals surface area contributed by atoms with E-state index in [1.165, 1.54) is 0 Å². The number of methoxy groups -OCH3 is 1. The summed E-state index contributed by atoms with van der Waals surface area (Å²) in [6.45, 7) is 3.86. The number of nitrogens with zero attached hydrogens (tertiary/aromatic N) is 5. The maximum Gasteiger partial charge on any atom is 0.333 e. The summed E-state index contributed by atoms with van der Waals surface area (Å²) in [6, 6.07) is 3.88. The lowest BCUT2D eigenvalue weighted by molar-refractivity contribution is 0.417. The van der Waals surface area contributed by atoms with E-state index >= 15 is 0 Å². The molecule has 0 aliphatic rings. The van der Waals surface area contributed by atoms with Crippen LogP contribution >= 0.6 is 0 Å². The molecule has 0 spiro atoms. The Morgan fingerprint density at radius 2 is 2.07 bits per heavy atom. The fourth-order valence-electron chi connectivity index (χ4n) is 3.58. The second-order valence-electron chi connectivity index (χ2n) is 6.70. The summed E-state index contributed by atoms with van der Waals surface area (Å²) in [5.74, 6) is 0.692. The van der Waals surface area contributed by atoms with Gasteiger partial charge in [-0.2, -0.15) is 5.10 Å². The van der Waals surface area contributed by atoms with E-state index in [0.29, 0.717) is 11.4 Å². The number of rotatable bonds is 5. The number of nitrogens with one attached hydrogen (secondary N) is 1. The SMILES string of the molecule is C=C/C(=C\NC)n1c(=O)n(C)c2cnc3cc(OC)c(-c4cnn(C)c4)cc3c21. The minimum Gasteiger partial charge on any atom is -0.496 e. The molecule has 0 saturated carbocycles. The van der Waals surface area contributed by atoms with Crippen LogP contribution in [0.1, 0.15) is 0 Å². The zero-order chi connectivity index (χ0) is 20.7. The smallest absolute Gasteiger partial charge is 0.333 e. The van der Waals surface area contributed by atoms with Crippen LogP contribution in [-0.2, 0) is 14.1 Å². The lowest BCUT2D eigenvalue weighted by Gasteiger charge is -2.11. The van der Waals surface area contributed by atoms with Crippen LogP contribution in [0.25, 0.3) is 38.8 Å². The second kappa shape index (κ2) is 6.97. The summed E-state index contributed by atoms with van der Waals surface area (Å²) in [5.41, 5.74) is 4.49. The molecular weight excluding hydrogens is 368 g/mol. The molecule has 4 rings (SSSR count). The average molecular weight is 390 g/mol. The van der Waals surface area contributed by atoms with Crippen LogP contribution in [0.3, 0.4) is 0 Å². The van der Waals surface area contributed by atoms with Gasteiger partial charge < -0.3 is 10.1 Å². The van der Waals surface area contributed by atoms with Crippen LogP contribution in [0, 0.1) is 0 Å². The van der Waals surface area contributed by atoms with Gasteiger partial charge in [0.15, 0.2) is 0 Å². The van der Waals surface area contributed by atoms with Crippen molar-refractivity contribution in [2.75, 3.05) is 14.2 Å². The number of ether oxygens (including phenoxy) is 1. The molecule has 0 atom stereocenters. The third-order valence-electron chi connectivity index (χ3n) is 4.98. The Kier molecular flexibility index (Phi) is 4.46. The van der Waals surface area contributed by atoms with Crippen LogP contribution in [0.15, 0.2) is 54.4 Å². The Hall–Kier alpha value is -3.81. The van der Waals surface area contributed by atoms with Gasteiger partial charge in [0.05, 0.1) is 41.8 Å². The third-order valence-corrected chi connectivity index (χ3v) is 4.98. The predicted octanol–water partition coefficient (Wildman–Crippen LogP) is 2.50. The summed E-state index contributed by atoms with van der Waals surface area (Å²) in [7, 11) is 7.01. The van der Waals surface area contributed by atoms with Gasteiger partial charge in [-0.05, 0) is 12.1 Å². The Morgan fingerprint density at radius 1 is 1.28 bits per heavy atom. The molecule has 0 radical (unpaired) electrons. The van der Waals surface area contributed by atoms with Gasteiger partial charge in [0, 0.05) is 56.1 Å². The number of pyridine rings is 1. The first kappa shape index (κ1) is 18.5. The van der Waals surface area contributed by atoms with E-state index < -0.39 is 0 Å². The van der Waals surface area contributed by atoms with Crippen LogP contribution in [0.2, 0.25) is 0 Å². The zero-order valence-corrected chi connectivity index (χ0v) is 16.8. The van der Waals surface area contributed by atoms with Gasteiger partial charge in [-0.3, -0.25) is 18.8 Å². The summed E-state index contributed by atoms with van der Waals surface area (Å²) in [6.07, 6.45) is 8.80. The molecule has 8 heteroatoms. The number of aryl methyl sites for hydroxylation is 2. The summed E-state index contributed by atoms with van der Waals surface area (Å²) in [5, 5.41) is 8.08. The minimum absolute atomic E-state index is 0.172. The Bertz CT molecular complexity index is 1340. The van der Waals surface area contributed by atoms with E-state index in [0.717, 1.165) is 33.1 Å². The number of fused-ring (bicyclic) bond motifs is 3.